The Kier molecular flexibility index (Phi) is 26.0. The van der Waals surface area contributed by atoms with Gasteiger partial charge in [0.2, 0.25) is 0 Å². The Morgan fingerprint density at radius 3 is 1.03 bits per heavy atom. The van der Waals surface area contributed by atoms with E-state index in [-0.39, 0.29) is 6.42 Å². The second-order valence-electron chi connectivity index (χ2n) is 16.3. The van der Waals surface area contributed by atoms with Gasteiger partial charge in [-0.05, 0) is 6.42 Å². The Morgan fingerprint density at radius 2 is 0.667 bits per heavy atom. The molecule has 63 heavy (non-hydrogen) atoms. The van der Waals surface area contributed by atoms with Crippen LogP contribution in [0.4, 0.5) is 0 Å². The summed E-state index contributed by atoms with van der Waals surface area (Å²) < 4.78 is 56.7. The van der Waals surface area contributed by atoms with Crippen molar-refractivity contribution in [3.63, 3.8) is 0 Å². The summed E-state index contributed by atoms with van der Waals surface area (Å²) in [4.78, 5) is 101. The summed E-state index contributed by atoms with van der Waals surface area (Å²) in [5.74, 6) is -7.04. The minimum Gasteiger partial charge on any atom is -0.456 e. The van der Waals surface area contributed by atoms with Crippen molar-refractivity contribution < 1.29 is 85.7 Å². The van der Waals surface area contributed by atoms with Gasteiger partial charge in [-0.1, -0.05) is 110 Å². The number of esters is 8. The van der Waals surface area contributed by atoms with Crippen LogP contribution in [0, 0.1) is 0 Å². The molecule has 1 saturated carbocycles. The van der Waals surface area contributed by atoms with Gasteiger partial charge in [-0.25, -0.2) is 0 Å². The van der Waals surface area contributed by atoms with E-state index in [0.29, 0.717) is 12.8 Å². The highest BCUT2D eigenvalue weighted by Crippen LogP contribution is 2.37. The molecule has 1 heterocycles. The molecule has 0 N–H and O–H groups in total. The average molecular weight is 901 g/mol. The number of carbonyl (C=O) groups excluding carboxylic acids is 8. The van der Waals surface area contributed by atoms with Crippen molar-refractivity contribution in [3.8, 4) is 0 Å². The summed E-state index contributed by atoms with van der Waals surface area (Å²) in [7, 11) is 0. The van der Waals surface area contributed by atoms with Crippen LogP contribution in [0.1, 0.15) is 171 Å². The van der Waals surface area contributed by atoms with Gasteiger partial charge >= 0.3 is 47.8 Å². The third kappa shape index (κ3) is 21.3. The third-order valence-corrected chi connectivity index (χ3v) is 10.5. The molecular weight excluding hydrogens is 828 g/mol. The van der Waals surface area contributed by atoms with E-state index >= 15 is 0 Å². The topological polar surface area (TPSA) is 229 Å². The maximum Gasteiger partial charge on any atom is 0.306 e. The molecule has 0 radical (unpaired) electrons. The van der Waals surface area contributed by atoms with Crippen molar-refractivity contribution in [3.05, 3.63) is 0 Å². The van der Waals surface area contributed by atoms with Crippen LogP contribution in [-0.4, -0.2) is 116 Å². The van der Waals surface area contributed by atoms with Gasteiger partial charge in [0.05, 0.1) is 6.61 Å². The lowest BCUT2D eigenvalue weighted by Gasteiger charge is -2.49. The van der Waals surface area contributed by atoms with Crippen LogP contribution in [0.5, 0.6) is 0 Å². The molecule has 0 aromatic heterocycles. The van der Waals surface area contributed by atoms with Crippen molar-refractivity contribution in [2.24, 2.45) is 0 Å². The molecule has 1 saturated heterocycles. The smallest absolute Gasteiger partial charge is 0.306 e. The van der Waals surface area contributed by atoms with Crippen molar-refractivity contribution in [2.45, 2.75) is 232 Å². The summed E-state index contributed by atoms with van der Waals surface area (Å²) in [6.45, 7) is 9.09. The van der Waals surface area contributed by atoms with Gasteiger partial charge < -0.3 is 47.4 Å². The monoisotopic (exact) mass is 900 g/mol. The number of ether oxygens (including phenoxy) is 10. The lowest BCUT2D eigenvalue weighted by molar-refractivity contribution is -0.326. The molecule has 0 amide bonds. The molecule has 18 nitrogen and oxygen atoms in total. The summed E-state index contributed by atoms with van der Waals surface area (Å²) in [6, 6.07) is 0. The Labute approximate surface area is 371 Å². The van der Waals surface area contributed by atoms with E-state index in [1.165, 1.54) is 70.6 Å². The first-order chi connectivity index (χ1) is 29.9. The second kappa shape index (κ2) is 29.9. The Balaban J connectivity index is 2.30. The fraction of sp³-hybridized carbons (Fsp3) is 0.822. The standard InChI is InChI=1S/C45H72O18/c1-9-10-11-12-13-14-15-16-17-18-19-20-21-22-23-24-25-26-36(53)62-42-40(59-32(6)50)38(57-30(4)48)39(58-31(5)49)41(60-33(7)51)43(42)63-45-44(61-34(8)52)37(56-29(3)47)35(27-54-45)55-28(2)46/h35,37-45H,9-27H2,1-8H3/t35-,37+,38+,39+,40-,41-,42-,43+,44+,45+/m1/s1. The second-order valence-corrected chi connectivity index (χ2v) is 16.3. The zero-order valence-corrected chi connectivity index (χ0v) is 38.6. The van der Waals surface area contributed by atoms with Crippen LogP contribution in [0.3, 0.4) is 0 Å². The molecule has 2 fully saturated rings. The first-order valence-electron chi connectivity index (χ1n) is 22.6. The number of hydrogen-bond acceptors (Lipinski definition) is 18. The zero-order chi connectivity index (χ0) is 46.9. The first kappa shape index (κ1) is 54.8. The Bertz CT molecular complexity index is 1470. The van der Waals surface area contributed by atoms with E-state index in [9.17, 15) is 38.4 Å². The summed E-state index contributed by atoms with van der Waals surface area (Å²) >= 11 is 0. The highest BCUT2D eigenvalue weighted by atomic mass is 16.7. The number of unbranched alkanes of at least 4 members (excludes halogenated alkanes) is 16. The Hall–Kier alpha value is -4.32. The largest absolute Gasteiger partial charge is 0.456 e. The Morgan fingerprint density at radius 1 is 0.365 bits per heavy atom. The maximum atomic E-state index is 13.7. The molecule has 1 aliphatic carbocycles. The first-order valence-corrected chi connectivity index (χ1v) is 22.6. The molecule has 0 aromatic rings. The van der Waals surface area contributed by atoms with Gasteiger partial charge in [0.25, 0.3) is 0 Å². The van der Waals surface area contributed by atoms with Crippen molar-refractivity contribution in [2.75, 3.05) is 6.61 Å². The normalized spacial score (nSPS) is 25.5. The van der Waals surface area contributed by atoms with Gasteiger partial charge in [0.15, 0.2) is 55.1 Å². The lowest BCUT2D eigenvalue weighted by Crippen LogP contribution is -2.70. The molecule has 2 rings (SSSR count). The predicted molar refractivity (Wildman–Crippen MR) is 222 cm³/mol. The fourth-order valence-corrected chi connectivity index (χ4v) is 7.90. The van der Waals surface area contributed by atoms with Crippen molar-refractivity contribution >= 4 is 47.8 Å². The number of hydrogen-bond donors (Lipinski definition) is 0. The summed E-state index contributed by atoms with van der Waals surface area (Å²) in [5.41, 5.74) is 0. The third-order valence-electron chi connectivity index (χ3n) is 10.5. The number of rotatable bonds is 28. The minimum absolute atomic E-state index is 0.0902. The summed E-state index contributed by atoms with van der Waals surface area (Å²) in [5, 5.41) is 0. The van der Waals surface area contributed by atoms with Gasteiger partial charge in [-0.2, -0.15) is 0 Å². The molecule has 0 spiro atoms. The van der Waals surface area contributed by atoms with Gasteiger partial charge in [0, 0.05) is 54.9 Å². The molecule has 0 unspecified atom stereocenters. The van der Waals surface area contributed by atoms with E-state index in [2.05, 4.69) is 6.92 Å². The van der Waals surface area contributed by atoms with E-state index in [4.69, 9.17) is 47.4 Å². The van der Waals surface area contributed by atoms with Crippen LogP contribution in [0.15, 0.2) is 0 Å². The predicted octanol–water partition coefficient (Wildman–Crippen LogP) is 6.22. The van der Waals surface area contributed by atoms with E-state index in [1.807, 2.05) is 0 Å². The van der Waals surface area contributed by atoms with Crippen LogP contribution >= 0.6 is 0 Å². The SMILES string of the molecule is CCCCCCCCCCCCCCCCCCCC(=O)O[C@@H]1[C@H](OC(C)=O)[C@@H](OC(C)=O)[C@H](OC(C)=O)[C@@H](OC(C)=O)[C@@H]1O[C@@H]1OC[C@@H](OC(C)=O)[C@H](OC(C)=O)[C@@H]1OC(C)=O. The van der Waals surface area contributed by atoms with Gasteiger partial charge in [-0.15, -0.1) is 0 Å². The zero-order valence-electron chi connectivity index (χ0n) is 38.6. The minimum atomic E-state index is -1.78. The highest BCUT2D eigenvalue weighted by molar-refractivity contribution is 5.71. The van der Waals surface area contributed by atoms with E-state index in [1.54, 1.807) is 0 Å². The highest BCUT2D eigenvalue weighted by Gasteiger charge is 2.61. The molecule has 18 heteroatoms. The molecule has 10 atom stereocenters. The van der Waals surface area contributed by atoms with Gasteiger partial charge in [-0.3, -0.25) is 38.4 Å². The lowest BCUT2D eigenvalue weighted by atomic mass is 9.83. The molecule has 1 aliphatic heterocycles. The molecule has 360 valence electrons. The van der Waals surface area contributed by atoms with Crippen LogP contribution < -0.4 is 0 Å². The fourth-order valence-electron chi connectivity index (χ4n) is 7.90. The molecular formula is C45H72O18. The molecule has 0 aromatic carbocycles. The van der Waals surface area contributed by atoms with Crippen LogP contribution in [-0.2, 0) is 85.7 Å². The van der Waals surface area contributed by atoms with Crippen LogP contribution in [0.25, 0.3) is 0 Å². The quantitative estimate of drug-likeness (QED) is 0.0482. The van der Waals surface area contributed by atoms with Gasteiger partial charge in [0.1, 0.15) is 6.10 Å². The van der Waals surface area contributed by atoms with E-state index < -0.39 is 116 Å². The number of carbonyl (C=O) groups is 8. The van der Waals surface area contributed by atoms with Crippen LogP contribution in [0.2, 0.25) is 0 Å². The van der Waals surface area contributed by atoms with Crippen molar-refractivity contribution in [1.82, 2.24) is 0 Å². The van der Waals surface area contributed by atoms with Crippen molar-refractivity contribution in [1.29, 1.82) is 0 Å². The maximum absolute atomic E-state index is 13.7. The van der Waals surface area contributed by atoms with E-state index in [0.717, 1.165) is 74.1 Å². The summed E-state index contributed by atoms with van der Waals surface area (Å²) in [6.07, 6.45) is 2.75. The molecule has 0 bridgehead atoms. The average Bonchev–Trinajstić information content (AvgIpc) is 3.17. The molecule has 2 aliphatic rings.